The first-order valence-corrected chi connectivity index (χ1v) is 10.3. The van der Waals surface area contributed by atoms with Crippen molar-refractivity contribution in [2.75, 3.05) is 38.1 Å². The molecule has 2 aromatic rings. The van der Waals surface area contributed by atoms with Gasteiger partial charge in [0.2, 0.25) is 5.91 Å². The lowest BCUT2D eigenvalue weighted by Crippen LogP contribution is -2.51. The second-order valence-electron chi connectivity index (χ2n) is 7.41. The van der Waals surface area contributed by atoms with E-state index in [2.05, 4.69) is 10.3 Å². The second kappa shape index (κ2) is 10.1. The summed E-state index contributed by atoms with van der Waals surface area (Å²) in [6, 6.07) is 4.12. The molecule has 0 aliphatic carbocycles. The van der Waals surface area contributed by atoms with Crippen molar-refractivity contribution in [1.29, 1.82) is 0 Å². The van der Waals surface area contributed by atoms with Crippen LogP contribution in [0.2, 0.25) is 0 Å². The summed E-state index contributed by atoms with van der Waals surface area (Å²) in [5.41, 5.74) is 1.70. The Balaban J connectivity index is 1.78. The number of rotatable bonds is 8. The van der Waals surface area contributed by atoms with Crippen molar-refractivity contribution in [3.05, 3.63) is 30.0 Å². The minimum absolute atomic E-state index is 0.157. The fraction of sp³-hybridized carbons (Fsp3) is 0.429. The second-order valence-corrected chi connectivity index (χ2v) is 7.41. The van der Waals surface area contributed by atoms with Crippen molar-refractivity contribution in [1.82, 2.24) is 14.8 Å². The molecule has 1 aliphatic heterocycles. The fourth-order valence-electron chi connectivity index (χ4n) is 3.75. The number of nitrogens with zero attached hydrogens (tertiary/aromatic N) is 2. The zero-order valence-electron chi connectivity index (χ0n) is 17.7. The Labute approximate surface area is 183 Å². The van der Waals surface area contributed by atoms with Gasteiger partial charge in [-0.3, -0.25) is 19.3 Å². The van der Waals surface area contributed by atoms with E-state index < -0.39 is 30.0 Å². The first-order valence-electron chi connectivity index (χ1n) is 10.3. The SMILES string of the molecule is CCOC(=O)N1CCN([C@H](C(=O)O)c2c[nH]c3ccc(NC(=O)CCC(=O)O)cc23)CC1. The summed E-state index contributed by atoms with van der Waals surface area (Å²) in [6.07, 6.45) is 0.796. The molecule has 1 aromatic carbocycles. The van der Waals surface area contributed by atoms with E-state index in [0.717, 1.165) is 0 Å². The molecule has 1 aromatic heterocycles. The third-order valence-electron chi connectivity index (χ3n) is 5.30. The van der Waals surface area contributed by atoms with E-state index in [9.17, 15) is 24.3 Å². The van der Waals surface area contributed by atoms with Crippen LogP contribution in [0.4, 0.5) is 10.5 Å². The number of H-pyrrole nitrogens is 1. The summed E-state index contributed by atoms with van der Waals surface area (Å²) in [5.74, 6) is -2.52. The molecule has 0 radical (unpaired) electrons. The van der Waals surface area contributed by atoms with Gasteiger partial charge in [0.05, 0.1) is 13.0 Å². The summed E-state index contributed by atoms with van der Waals surface area (Å²) in [6.45, 7) is 3.46. The van der Waals surface area contributed by atoms with E-state index >= 15 is 0 Å². The third-order valence-corrected chi connectivity index (χ3v) is 5.30. The van der Waals surface area contributed by atoms with E-state index in [1.165, 1.54) is 0 Å². The predicted molar refractivity (Wildman–Crippen MR) is 114 cm³/mol. The Morgan fingerprint density at radius 3 is 2.47 bits per heavy atom. The lowest BCUT2D eigenvalue weighted by molar-refractivity contribution is -0.144. The summed E-state index contributed by atoms with van der Waals surface area (Å²) >= 11 is 0. The molecule has 2 heterocycles. The predicted octanol–water partition coefficient (Wildman–Crippen LogP) is 1.87. The van der Waals surface area contributed by atoms with E-state index in [1.54, 1.807) is 41.1 Å². The summed E-state index contributed by atoms with van der Waals surface area (Å²) < 4.78 is 5.01. The van der Waals surface area contributed by atoms with Gasteiger partial charge in [0.25, 0.3) is 0 Å². The first kappa shape index (κ1) is 23.1. The Morgan fingerprint density at radius 2 is 1.84 bits per heavy atom. The number of hydrogen-bond donors (Lipinski definition) is 4. The van der Waals surface area contributed by atoms with Crippen LogP contribution in [0.15, 0.2) is 24.4 Å². The van der Waals surface area contributed by atoms with Crippen LogP contribution in [-0.2, 0) is 19.1 Å². The molecule has 4 N–H and O–H groups in total. The maximum atomic E-state index is 12.2. The first-order chi connectivity index (χ1) is 15.3. The average molecular weight is 446 g/mol. The molecular weight excluding hydrogens is 420 g/mol. The number of fused-ring (bicyclic) bond motifs is 1. The maximum absolute atomic E-state index is 12.2. The van der Waals surface area contributed by atoms with Gasteiger partial charge in [0.15, 0.2) is 0 Å². The molecule has 32 heavy (non-hydrogen) atoms. The highest BCUT2D eigenvalue weighted by Crippen LogP contribution is 2.31. The van der Waals surface area contributed by atoms with Gasteiger partial charge in [-0.2, -0.15) is 0 Å². The van der Waals surface area contributed by atoms with E-state index in [4.69, 9.17) is 9.84 Å². The number of aliphatic carboxylic acids is 2. The Bertz CT molecular complexity index is 1010. The lowest BCUT2D eigenvalue weighted by Gasteiger charge is -2.37. The van der Waals surface area contributed by atoms with Crippen molar-refractivity contribution < 1.29 is 34.1 Å². The monoisotopic (exact) mass is 446 g/mol. The number of carboxylic acids is 2. The van der Waals surface area contributed by atoms with Crippen LogP contribution in [0.1, 0.15) is 31.4 Å². The molecule has 1 aliphatic rings. The van der Waals surface area contributed by atoms with Crippen LogP contribution in [-0.4, -0.2) is 81.7 Å². The zero-order chi connectivity index (χ0) is 23.3. The number of amides is 2. The molecule has 0 saturated carbocycles. The van der Waals surface area contributed by atoms with Gasteiger partial charge in [-0.1, -0.05) is 0 Å². The van der Waals surface area contributed by atoms with Crippen LogP contribution in [0.25, 0.3) is 10.9 Å². The average Bonchev–Trinajstić information content (AvgIpc) is 3.16. The number of anilines is 1. The van der Waals surface area contributed by atoms with Gasteiger partial charge in [-0.05, 0) is 25.1 Å². The highest BCUT2D eigenvalue weighted by atomic mass is 16.6. The molecule has 1 saturated heterocycles. The van der Waals surface area contributed by atoms with E-state index in [1.807, 2.05) is 0 Å². The quantitative estimate of drug-likeness (QED) is 0.479. The van der Waals surface area contributed by atoms with Gasteiger partial charge in [-0.25, -0.2) is 4.79 Å². The molecule has 1 fully saturated rings. The number of carbonyl (C=O) groups excluding carboxylic acids is 2. The van der Waals surface area contributed by atoms with Crippen LogP contribution in [0.3, 0.4) is 0 Å². The molecule has 2 amide bonds. The third kappa shape index (κ3) is 5.35. The van der Waals surface area contributed by atoms with Gasteiger partial charge in [-0.15, -0.1) is 0 Å². The normalized spacial score (nSPS) is 15.3. The fourth-order valence-corrected chi connectivity index (χ4v) is 3.75. The number of nitrogens with one attached hydrogen (secondary N) is 2. The largest absolute Gasteiger partial charge is 0.481 e. The number of carboxylic acid groups (broad SMARTS) is 2. The van der Waals surface area contributed by atoms with Crippen molar-refractivity contribution in [2.24, 2.45) is 0 Å². The Hall–Kier alpha value is -3.60. The van der Waals surface area contributed by atoms with Crippen molar-refractivity contribution >= 4 is 40.5 Å². The number of benzene rings is 1. The maximum Gasteiger partial charge on any atom is 0.409 e. The van der Waals surface area contributed by atoms with Crippen LogP contribution in [0, 0.1) is 0 Å². The molecule has 0 spiro atoms. The van der Waals surface area contributed by atoms with Crippen molar-refractivity contribution in [3.8, 4) is 0 Å². The van der Waals surface area contributed by atoms with E-state index in [0.29, 0.717) is 48.3 Å². The molecular formula is C21H26N4O7. The number of aromatic amines is 1. The molecule has 0 unspecified atom stereocenters. The molecule has 3 rings (SSSR count). The molecule has 11 heteroatoms. The number of hydrogen-bond acceptors (Lipinski definition) is 6. The molecule has 172 valence electrons. The zero-order valence-corrected chi connectivity index (χ0v) is 17.7. The van der Waals surface area contributed by atoms with Crippen molar-refractivity contribution in [3.63, 3.8) is 0 Å². The summed E-state index contributed by atoms with van der Waals surface area (Å²) in [5, 5.41) is 22.0. The van der Waals surface area contributed by atoms with Crippen molar-refractivity contribution in [2.45, 2.75) is 25.8 Å². The lowest BCUT2D eigenvalue weighted by atomic mass is 10.0. The van der Waals surface area contributed by atoms with Gasteiger partial charge >= 0.3 is 18.0 Å². The van der Waals surface area contributed by atoms with Gasteiger partial charge < -0.3 is 30.2 Å². The number of carbonyl (C=O) groups is 4. The van der Waals surface area contributed by atoms with Gasteiger partial charge in [0.1, 0.15) is 6.04 Å². The smallest absolute Gasteiger partial charge is 0.409 e. The van der Waals surface area contributed by atoms with Crippen LogP contribution in [0.5, 0.6) is 0 Å². The highest BCUT2D eigenvalue weighted by molar-refractivity contribution is 5.96. The Morgan fingerprint density at radius 1 is 1.12 bits per heavy atom. The highest BCUT2D eigenvalue weighted by Gasteiger charge is 2.33. The molecule has 11 nitrogen and oxygen atoms in total. The standard InChI is InChI=1S/C21H26N4O7/c1-2-32-21(31)25-9-7-24(8-10-25)19(20(29)30)15-12-22-16-4-3-13(11-14(15)16)23-17(26)5-6-18(27)28/h3-4,11-12,19,22H,2,5-10H2,1H3,(H,23,26)(H,27,28)(H,29,30)/t19-/m0/s1. The topological polar surface area (TPSA) is 152 Å². The van der Waals surface area contributed by atoms with Gasteiger partial charge in [0, 0.05) is 61.0 Å². The number of piperazine rings is 1. The minimum Gasteiger partial charge on any atom is -0.481 e. The minimum atomic E-state index is -1.06. The Kier molecular flexibility index (Phi) is 7.31. The summed E-state index contributed by atoms with van der Waals surface area (Å²) in [4.78, 5) is 53.1. The van der Waals surface area contributed by atoms with Crippen LogP contribution < -0.4 is 5.32 Å². The number of aromatic nitrogens is 1. The molecule has 1 atom stereocenters. The number of ether oxygens (including phenoxy) is 1. The molecule has 0 bridgehead atoms. The van der Waals surface area contributed by atoms with Crippen LogP contribution >= 0.6 is 0 Å². The summed E-state index contributed by atoms with van der Waals surface area (Å²) in [7, 11) is 0. The van der Waals surface area contributed by atoms with E-state index in [-0.39, 0.29) is 19.4 Å².